The van der Waals surface area contributed by atoms with Crippen molar-refractivity contribution in [2.45, 2.75) is 32.7 Å². The Bertz CT molecular complexity index is 479. The van der Waals surface area contributed by atoms with E-state index in [2.05, 4.69) is 16.5 Å². The van der Waals surface area contributed by atoms with Gasteiger partial charge in [0.1, 0.15) is 5.41 Å². The first-order chi connectivity index (χ1) is 8.07. The van der Waals surface area contributed by atoms with Crippen LogP contribution in [0, 0.1) is 23.7 Å². The first kappa shape index (κ1) is 11.6. The average molecular weight is 232 g/mol. The summed E-state index contributed by atoms with van der Waals surface area (Å²) in [7, 11) is 1.85. The van der Waals surface area contributed by atoms with Crippen molar-refractivity contribution in [3.8, 4) is 6.07 Å². The number of amides is 1. The topological polar surface area (TPSA) is 70.7 Å². The quantitative estimate of drug-likeness (QED) is 0.846. The van der Waals surface area contributed by atoms with Crippen molar-refractivity contribution in [2.24, 2.45) is 12.5 Å². The summed E-state index contributed by atoms with van der Waals surface area (Å²) in [4.78, 5) is 11.9. The van der Waals surface area contributed by atoms with Gasteiger partial charge in [0.2, 0.25) is 5.91 Å². The zero-order chi connectivity index (χ0) is 12.5. The van der Waals surface area contributed by atoms with Gasteiger partial charge >= 0.3 is 0 Å². The number of nitrogens with one attached hydrogen (secondary N) is 1. The Morgan fingerprint density at radius 1 is 1.71 bits per heavy atom. The van der Waals surface area contributed by atoms with E-state index in [1.165, 1.54) is 0 Å². The Hall–Kier alpha value is -1.83. The minimum absolute atomic E-state index is 0.144. The lowest BCUT2D eigenvalue weighted by Gasteiger charge is -2.33. The zero-order valence-corrected chi connectivity index (χ0v) is 10.2. The number of rotatable bonds is 3. The molecule has 0 radical (unpaired) electrons. The molecule has 1 aromatic rings. The molecule has 5 nitrogen and oxygen atoms in total. The van der Waals surface area contributed by atoms with Crippen molar-refractivity contribution in [1.29, 1.82) is 5.26 Å². The van der Waals surface area contributed by atoms with Crippen LogP contribution in [-0.2, 0) is 18.4 Å². The smallest absolute Gasteiger partial charge is 0.240 e. The highest BCUT2D eigenvalue weighted by Gasteiger charge is 2.44. The molecule has 0 bridgehead atoms. The van der Waals surface area contributed by atoms with Gasteiger partial charge in [-0.05, 0) is 26.2 Å². The van der Waals surface area contributed by atoms with Crippen LogP contribution in [0.5, 0.6) is 0 Å². The Kier molecular flexibility index (Phi) is 2.88. The predicted molar refractivity (Wildman–Crippen MR) is 61.7 cm³/mol. The van der Waals surface area contributed by atoms with Gasteiger partial charge in [0, 0.05) is 25.4 Å². The highest BCUT2D eigenvalue weighted by molar-refractivity contribution is 5.86. The molecule has 1 aliphatic carbocycles. The number of carbonyl (C=O) groups is 1. The standard InChI is InChI=1S/C12H16N4O/c1-9-10(7-16(2)15-9)6-14-11(17)12(8-13)4-3-5-12/h7H,3-6H2,1-2H3,(H,14,17). The molecule has 1 heterocycles. The van der Waals surface area contributed by atoms with E-state index in [0.29, 0.717) is 19.4 Å². The lowest BCUT2D eigenvalue weighted by atomic mass is 9.69. The molecule has 1 fully saturated rings. The van der Waals surface area contributed by atoms with E-state index in [0.717, 1.165) is 17.7 Å². The predicted octanol–water partition coefficient (Wildman–Crippen LogP) is 1.04. The molecular weight excluding hydrogens is 216 g/mol. The fourth-order valence-electron chi connectivity index (χ4n) is 2.09. The van der Waals surface area contributed by atoms with E-state index in [-0.39, 0.29) is 5.91 Å². The normalized spacial score (nSPS) is 17.0. The van der Waals surface area contributed by atoms with E-state index < -0.39 is 5.41 Å². The van der Waals surface area contributed by atoms with E-state index in [4.69, 9.17) is 5.26 Å². The monoisotopic (exact) mass is 232 g/mol. The molecule has 90 valence electrons. The second-order valence-corrected chi connectivity index (χ2v) is 4.64. The third kappa shape index (κ3) is 2.03. The lowest BCUT2D eigenvalue weighted by molar-refractivity contribution is -0.131. The van der Waals surface area contributed by atoms with Crippen LogP contribution < -0.4 is 5.32 Å². The summed E-state index contributed by atoms with van der Waals surface area (Å²) in [6.07, 6.45) is 4.21. The van der Waals surface area contributed by atoms with Crippen LogP contribution in [0.15, 0.2) is 6.20 Å². The molecule has 0 aliphatic heterocycles. The fourth-order valence-corrected chi connectivity index (χ4v) is 2.09. The fraction of sp³-hybridized carbons (Fsp3) is 0.583. The van der Waals surface area contributed by atoms with Crippen LogP contribution in [0.4, 0.5) is 0 Å². The van der Waals surface area contributed by atoms with E-state index in [1.54, 1.807) is 4.68 Å². The molecule has 2 rings (SSSR count). The van der Waals surface area contributed by atoms with Gasteiger partial charge in [-0.3, -0.25) is 9.48 Å². The van der Waals surface area contributed by atoms with Crippen molar-refractivity contribution in [2.75, 3.05) is 0 Å². The number of hydrogen-bond acceptors (Lipinski definition) is 3. The van der Waals surface area contributed by atoms with Crippen LogP contribution >= 0.6 is 0 Å². The Labute approximate surface area is 100 Å². The van der Waals surface area contributed by atoms with Crippen molar-refractivity contribution in [3.05, 3.63) is 17.5 Å². The van der Waals surface area contributed by atoms with Crippen LogP contribution in [0.25, 0.3) is 0 Å². The van der Waals surface area contributed by atoms with Crippen LogP contribution in [0.2, 0.25) is 0 Å². The van der Waals surface area contributed by atoms with Crippen molar-refractivity contribution >= 4 is 5.91 Å². The molecule has 0 aromatic carbocycles. The summed E-state index contributed by atoms with van der Waals surface area (Å²) in [5, 5.41) is 16.1. The van der Waals surface area contributed by atoms with Gasteiger partial charge in [-0.25, -0.2) is 0 Å². The molecule has 17 heavy (non-hydrogen) atoms. The maximum Gasteiger partial charge on any atom is 0.240 e. The number of hydrogen-bond donors (Lipinski definition) is 1. The summed E-state index contributed by atoms with van der Waals surface area (Å²) in [5.74, 6) is -0.144. The molecule has 1 aromatic heterocycles. The molecule has 1 N–H and O–H groups in total. The van der Waals surface area contributed by atoms with Gasteiger partial charge in [0.15, 0.2) is 0 Å². The summed E-state index contributed by atoms with van der Waals surface area (Å²) < 4.78 is 1.72. The van der Waals surface area contributed by atoms with Crippen LogP contribution in [-0.4, -0.2) is 15.7 Å². The third-order valence-corrected chi connectivity index (χ3v) is 3.41. The molecule has 1 saturated carbocycles. The maximum atomic E-state index is 11.9. The van der Waals surface area contributed by atoms with Crippen LogP contribution in [0.3, 0.4) is 0 Å². The summed E-state index contributed by atoms with van der Waals surface area (Å²) in [6, 6.07) is 2.14. The molecule has 0 saturated heterocycles. The minimum Gasteiger partial charge on any atom is -0.351 e. The second-order valence-electron chi connectivity index (χ2n) is 4.64. The summed E-state index contributed by atoms with van der Waals surface area (Å²) >= 11 is 0. The number of aryl methyl sites for hydroxylation is 2. The van der Waals surface area contributed by atoms with E-state index in [1.807, 2.05) is 20.2 Å². The lowest BCUT2D eigenvalue weighted by Crippen LogP contribution is -2.44. The highest BCUT2D eigenvalue weighted by atomic mass is 16.2. The second kappa shape index (κ2) is 4.21. The zero-order valence-electron chi connectivity index (χ0n) is 10.2. The van der Waals surface area contributed by atoms with Gasteiger partial charge < -0.3 is 5.32 Å². The van der Waals surface area contributed by atoms with Crippen molar-refractivity contribution in [1.82, 2.24) is 15.1 Å². The molecular formula is C12H16N4O. The molecule has 0 spiro atoms. The van der Waals surface area contributed by atoms with Gasteiger partial charge in [0.05, 0.1) is 11.8 Å². The number of carbonyl (C=O) groups excluding carboxylic acids is 1. The Balaban J connectivity index is 1.97. The van der Waals surface area contributed by atoms with Gasteiger partial charge in [0.25, 0.3) is 0 Å². The molecule has 1 amide bonds. The van der Waals surface area contributed by atoms with Crippen LogP contribution in [0.1, 0.15) is 30.5 Å². The number of aromatic nitrogens is 2. The van der Waals surface area contributed by atoms with Crippen molar-refractivity contribution in [3.63, 3.8) is 0 Å². The van der Waals surface area contributed by atoms with Crippen molar-refractivity contribution < 1.29 is 4.79 Å². The maximum absolute atomic E-state index is 11.9. The summed E-state index contributed by atoms with van der Waals surface area (Å²) in [5.41, 5.74) is 1.14. The summed E-state index contributed by atoms with van der Waals surface area (Å²) in [6.45, 7) is 2.35. The third-order valence-electron chi connectivity index (χ3n) is 3.41. The SMILES string of the molecule is Cc1nn(C)cc1CNC(=O)C1(C#N)CCC1. The first-order valence-corrected chi connectivity index (χ1v) is 5.76. The van der Waals surface area contributed by atoms with Gasteiger partial charge in [-0.2, -0.15) is 10.4 Å². The molecule has 0 unspecified atom stereocenters. The molecule has 0 atom stereocenters. The van der Waals surface area contributed by atoms with Gasteiger partial charge in [-0.15, -0.1) is 0 Å². The molecule has 1 aliphatic rings. The largest absolute Gasteiger partial charge is 0.351 e. The minimum atomic E-state index is -0.768. The Morgan fingerprint density at radius 2 is 2.41 bits per heavy atom. The van der Waals surface area contributed by atoms with E-state index in [9.17, 15) is 4.79 Å². The number of nitriles is 1. The first-order valence-electron chi connectivity index (χ1n) is 5.76. The Morgan fingerprint density at radius 3 is 2.82 bits per heavy atom. The highest BCUT2D eigenvalue weighted by Crippen LogP contribution is 2.40. The van der Waals surface area contributed by atoms with E-state index >= 15 is 0 Å². The van der Waals surface area contributed by atoms with Gasteiger partial charge in [-0.1, -0.05) is 0 Å². The number of nitrogens with zero attached hydrogens (tertiary/aromatic N) is 3. The average Bonchev–Trinajstić information content (AvgIpc) is 2.53. The molecule has 5 heteroatoms.